The number of nitrogens with one attached hydrogen (secondary N) is 1. The molecule has 0 saturated heterocycles. The van der Waals surface area contributed by atoms with Crippen LogP contribution in [0.15, 0.2) is 17.2 Å². The number of amides is 1. The summed E-state index contributed by atoms with van der Waals surface area (Å²) in [5.41, 5.74) is 0.332. The summed E-state index contributed by atoms with van der Waals surface area (Å²) in [6.07, 6.45) is 6.01. The summed E-state index contributed by atoms with van der Waals surface area (Å²) in [7, 11) is 0. The maximum absolute atomic E-state index is 11.9. The molecule has 17 heavy (non-hydrogen) atoms. The minimum Gasteiger partial charge on any atom is -0.356 e. The van der Waals surface area contributed by atoms with Crippen molar-refractivity contribution in [2.24, 2.45) is 5.92 Å². The van der Waals surface area contributed by atoms with E-state index in [1.807, 2.05) is 0 Å². The molecule has 0 bridgehead atoms. The Hall–Kier alpha value is -1.58. The Bertz CT molecular complexity index is 403. The second kappa shape index (κ2) is 5.17. The molecule has 1 N–H and O–H groups in total. The van der Waals surface area contributed by atoms with Gasteiger partial charge in [-0.25, -0.2) is 0 Å². The Labute approximate surface area is 101 Å². The molecule has 2 rings (SSSR count). The van der Waals surface area contributed by atoms with Gasteiger partial charge < -0.3 is 9.84 Å². The maximum atomic E-state index is 11.9. The zero-order valence-corrected chi connectivity index (χ0v) is 10.1. The molecule has 1 aliphatic carbocycles. The highest BCUT2D eigenvalue weighted by Crippen LogP contribution is 2.23. The molecule has 1 fully saturated rings. The lowest BCUT2D eigenvalue weighted by Crippen LogP contribution is -2.37. The molecule has 0 aliphatic heterocycles. The molecule has 0 unspecified atom stereocenters. The second-order valence-electron chi connectivity index (χ2n) is 4.75. The van der Waals surface area contributed by atoms with Crippen LogP contribution < -0.4 is 5.32 Å². The van der Waals surface area contributed by atoms with Crippen LogP contribution in [-0.2, 0) is 0 Å². The van der Waals surface area contributed by atoms with Gasteiger partial charge in [-0.3, -0.25) is 4.79 Å². The Kier molecular flexibility index (Phi) is 3.61. The summed E-state index contributed by atoms with van der Waals surface area (Å²) in [5, 5.41) is 6.71. The van der Waals surface area contributed by atoms with Crippen LogP contribution in [0.2, 0.25) is 0 Å². The van der Waals surface area contributed by atoms with Crippen molar-refractivity contribution < 1.29 is 9.32 Å². The number of carbonyl (C=O) groups is 1. The largest absolute Gasteiger partial charge is 0.356 e. The Balaban J connectivity index is 1.90. The first-order valence-corrected chi connectivity index (χ1v) is 6.09. The van der Waals surface area contributed by atoms with Gasteiger partial charge in [0.1, 0.15) is 0 Å². The predicted octanol–water partition coefficient (Wildman–Crippen LogP) is 2.63. The molecule has 1 saturated carbocycles. The van der Waals surface area contributed by atoms with E-state index in [0.29, 0.717) is 11.5 Å². The van der Waals surface area contributed by atoms with Gasteiger partial charge in [-0.05, 0) is 37.7 Å². The fourth-order valence-electron chi connectivity index (χ4n) is 2.16. The number of nitrogens with zero attached hydrogens (tertiary/aromatic N) is 1. The van der Waals surface area contributed by atoms with E-state index in [0.717, 1.165) is 18.8 Å². The molecule has 1 aromatic heterocycles. The van der Waals surface area contributed by atoms with Crippen molar-refractivity contribution in [2.75, 3.05) is 0 Å². The van der Waals surface area contributed by atoms with Gasteiger partial charge in [0.05, 0.1) is 0 Å². The normalized spacial score (nSPS) is 24.3. The molecule has 1 amide bonds. The van der Waals surface area contributed by atoms with Gasteiger partial charge in [-0.1, -0.05) is 18.7 Å². The first-order valence-electron chi connectivity index (χ1n) is 6.09. The lowest BCUT2D eigenvalue weighted by Gasteiger charge is -2.26. The Morgan fingerprint density at radius 1 is 1.53 bits per heavy atom. The maximum Gasteiger partial charge on any atom is 0.273 e. The quantitative estimate of drug-likeness (QED) is 0.874. The summed E-state index contributed by atoms with van der Waals surface area (Å²) in [6.45, 7) is 5.82. The zero-order valence-electron chi connectivity index (χ0n) is 10.1. The van der Waals surface area contributed by atoms with Gasteiger partial charge in [-0.2, -0.15) is 0 Å². The summed E-state index contributed by atoms with van der Waals surface area (Å²) in [4.78, 5) is 11.9. The second-order valence-corrected chi connectivity index (χ2v) is 4.75. The Morgan fingerprint density at radius 2 is 2.24 bits per heavy atom. The van der Waals surface area contributed by atoms with Crippen LogP contribution in [0.1, 0.15) is 48.9 Å². The van der Waals surface area contributed by atoms with Gasteiger partial charge in [0.2, 0.25) is 0 Å². The fraction of sp³-hybridized carbons (Fsp3) is 0.538. The first-order chi connectivity index (χ1) is 8.19. The highest BCUT2D eigenvalue weighted by molar-refractivity contribution is 5.92. The first kappa shape index (κ1) is 11.9. The van der Waals surface area contributed by atoms with E-state index in [1.165, 1.54) is 18.9 Å². The van der Waals surface area contributed by atoms with Gasteiger partial charge in [-0.15, -0.1) is 0 Å². The lowest BCUT2D eigenvalue weighted by molar-refractivity contribution is 0.0914. The number of aromatic nitrogens is 1. The number of hydrogen-bond donors (Lipinski definition) is 1. The van der Waals surface area contributed by atoms with Gasteiger partial charge in [0.15, 0.2) is 11.5 Å². The van der Waals surface area contributed by atoms with E-state index >= 15 is 0 Å². The molecule has 0 atom stereocenters. The van der Waals surface area contributed by atoms with Crippen LogP contribution in [0.5, 0.6) is 0 Å². The third-order valence-electron chi connectivity index (χ3n) is 3.31. The third kappa shape index (κ3) is 2.96. The van der Waals surface area contributed by atoms with Crippen LogP contribution in [0, 0.1) is 5.92 Å². The third-order valence-corrected chi connectivity index (χ3v) is 3.31. The summed E-state index contributed by atoms with van der Waals surface area (Å²) in [6, 6.07) is 1.89. The molecule has 1 aliphatic rings. The zero-order chi connectivity index (χ0) is 12.3. The smallest absolute Gasteiger partial charge is 0.273 e. The minimum absolute atomic E-state index is 0.151. The van der Waals surface area contributed by atoms with Crippen molar-refractivity contribution in [3.05, 3.63) is 24.1 Å². The van der Waals surface area contributed by atoms with Crippen LogP contribution in [0.25, 0.3) is 6.08 Å². The van der Waals surface area contributed by atoms with Crippen molar-refractivity contribution in [3.8, 4) is 0 Å². The van der Waals surface area contributed by atoms with Crippen molar-refractivity contribution >= 4 is 12.0 Å². The molecule has 1 aromatic rings. The number of rotatable bonds is 3. The van der Waals surface area contributed by atoms with Gasteiger partial charge in [0.25, 0.3) is 5.91 Å². The molecule has 1 heterocycles. The van der Waals surface area contributed by atoms with Gasteiger partial charge in [0, 0.05) is 12.1 Å². The Morgan fingerprint density at radius 3 is 2.82 bits per heavy atom. The molecule has 0 aromatic carbocycles. The fourth-order valence-corrected chi connectivity index (χ4v) is 2.16. The highest BCUT2D eigenvalue weighted by atomic mass is 16.5. The van der Waals surface area contributed by atoms with E-state index < -0.39 is 0 Å². The van der Waals surface area contributed by atoms with Crippen molar-refractivity contribution in [3.63, 3.8) is 0 Å². The van der Waals surface area contributed by atoms with Crippen molar-refractivity contribution in [1.29, 1.82) is 0 Å². The number of hydrogen-bond acceptors (Lipinski definition) is 3. The number of carbonyl (C=O) groups excluding carboxylic acids is 1. The average Bonchev–Trinajstić information content (AvgIpc) is 2.81. The highest BCUT2D eigenvalue weighted by Gasteiger charge is 2.21. The molecule has 92 valence electrons. The topological polar surface area (TPSA) is 55.1 Å². The molecule has 4 heteroatoms. The summed E-state index contributed by atoms with van der Waals surface area (Å²) >= 11 is 0. The predicted molar refractivity (Wildman–Crippen MR) is 65.5 cm³/mol. The van der Waals surface area contributed by atoms with E-state index in [9.17, 15) is 4.79 Å². The molecular weight excluding hydrogens is 216 g/mol. The van der Waals surface area contributed by atoms with E-state index in [1.54, 1.807) is 6.07 Å². The summed E-state index contributed by atoms with van der Waals surface area (Å²) in [5.74, 6) is 1.15. The van der Waals surface area contributed by atoms with Crippen LogP contribution in [0.4, 0.5) is 0 Å². The minimum atomic E-state index is -0.151. The standard InChI is InChI=1S/C13H18N2O2/c1-3-11-8-12(15-17-11)13(16)14-10-6-4-9(2)5-7-10/h3,8-10H,1,4-7H2,2H3,(H,14,16). The SMILES string of the molecule is C=Cc1cc(C(=O)NC2CCC(C)CC2)no1. The monoisotopic (exact) mass is 234 g/mol. The molecule has 0 spiro atoms. The molecule has 0 radical (unpaired) electrons. The van der Waals surface area contributed by atoms with E-state index in [4.69, 9.17) is 4.52 Å². The molecular formula is C13H18N2O2. The average molecular weight is 234 g/mol. The molecule has 4 nitrogen and oxygen atoms in total. The lowest BCUT2D eigenvalue weighted by atomic mass is 9.87. The van der Waals surface area contributed by atoms with Crippen LogP contribution >= 0.6 is 0 Å². The summed E-state index contributed by atoms with van der Waals surface area (Å²) < 4.78 is 4.91. The van der Waals surface area contributed by atoms with Crippen molar-refractivity contribution in [1.82, 2.24) is 10.5 Å². The van der Waals surface area contributed by atoms with E-state index in [-0.39, 0.29) is 11.9 Å². The van der Waals surface area contributed by atoms with Crippen LogP contribution in [0.3, 0.4) is 0 Å². The van der Waals surface area contributed by atoms with Crippen LogP contribution in [-0.4, -0.2) is 17.1 Å². The van der Waals surface area contributed by atoms with Crippen molar-refractivity contribution in [2.45, 2.75) is 38.6 Å². The van der Waals surface area contributed by atoms with Gasteiger partial charge >= 0.3 is 0 Å². The van der Waals surface area contributed by atoms with E-state index in [2.05, 4.69) is 24.0 Å².